The zero-order valence-electron chi connectivity index (χ0n) is 12.3. The van der Waals surface area contributed by atoms with E-state index in [1.165, 1.54) is 12.8 Å². The summed E-state index contributed by atoms with van der Waals surface area (Å²) in [6.45, 7) is 6.50. The van der Waals surface area contributed by atoms with Gasteiger partial charge in [0.25, 0.3) is 0 Å². The predicted octanol–water partition coefficient (Wildman–Crippen LogP) is 2.82. The van der Waals surface area contributed by atoms with Crippen LogP contribution in [0.1, 0.15) is 52.4 Å². The van der Waals surface area contributed by atoms with Crippen LogP contribution in [0.15, 0.2) is 0 Å². The first-order valence-electron chi connectivity index (χ1n) is 7.64. The minimum atomic E-state index is 0. The van der Waals surface area contributed by atoms with Gasteiger partial charge < -0.3 is 10.6 Å². The number of nitrogens with two attached hydrogens (primary N) is 1. The number of halogens is 1. The summed E-state index contributed by atoms with van der Waals surface area (Å²) in [7, 11) is 0. The van der Waals surface area contributed by atoms with E-state index in [1.54, 1.807) is 0 Å². The minimum absolute atomic E-state index is 0. The molecule has 2 aliphatic rings. The maximum atomic E-state index is 12.5. The predicted molar refractivity (Wildman–Crippen MR) is 81.3 cm³/mol. The molecule has 0 spiro atoms. The van der Waals surface area contributed by atoms with Gasteiger partial charge >= 0.3 is 0 Å². The van der Waals surface area contributed by atoms with Crippen molar-refractivity contribution in [1.29, 1.82) is 0 Å². The second-order valence-electron chi connectivity index (χ2n) is 6.46. The van der Waals surface area contributed by atoms with E-state index in [-0.39, 0.29) is 24.4 Å². The molecule has 3 nitrogen and oxygen atoms in total. The SMILES string of the molecule is CC(C)C1CCCN(C(=O)C2CCCC2N)CC1.Cl. The number of hydrogen-bond donors (Lipinski definition) is 1. The lowest BCUT2D eigenvalue weighted by molar-refractivity contribution is -0.135. The molecule has 1 amide bonds. The van der Waals surface area contributed by atoms with Gasteiger partial charge in [-0.05, 0) is 43.9 Å². The first-order chi connectivity index (χ1) is 8.59. The quantitative estimate of drug-likeness (QED) is 0.849. The first-order valence-corrected chi connectivity index (χ1v) is 7.64. The van der Waals surface area contributed by atoms with Crippen LogP contribution >= 0.6 is 12.4 Å². The number of likely N-dealkylation sites (tertiary alicyclic amines) is 1. The van der Waals surface area contributed by atoms with Gasteiger partial charge in [0.2, 0.25) is 5.91 Å². The van der Waals surface area contributed by atoms with Gasteiger partial charge in [-0.1, -0.05) is 20.3 Å². The fourth-order valence-corrected chi connectivity index (χ4v) is 3.54. The molecule has 1 aliphatic carbocycles. The highest BCUT2D eigenvalue weighted by Crippen LogP contribution is 2.29. The molecule has 2 N–H and O–H groups in total. The summed E-state index contributed by atoms with van der Waals surface area (Å²) in [6.07, 6.45) is 6.77. The number of nitrogens with zero attached hydrogens (tertiary/aromatic N) is 1. The maximum Gasteiger partial charge on any atom is 0.227 e. The molecule has 1 saturated carbocycles. The molecular weight excluding hydrogens is 260 g/mol. The molecule has 0 aromatic rings. The summed E-state index contributed by atoms with van der Waals surface area (Å²) in [5, 5.41) is 0. The van der Waals surface area contributed by atoms with Crippen molar-refractivity contribution in [2.24, 2.45) is 23.5 Å². The van der Waals surface area contributed by atoms with Crippen LogP contribution in [-0.2, 0) is 4.79 Å². The molecule has 1 saturated heterocycles. The molecule has 0 radical (unpaired) electrons. The lowest BCUT2D eigenvalue weighted by atomic mass is 9.89. The van der Waals surface area contributed by atoms with Gasteiger partial charge in [-0.25, -0.2) is 0 Å². The smallest absolute Gasteiger partial charge is 0.227 e. The molecule has 4 heteroatoms. The Kier molecular flexibility index (Phi) is 6.61. The highest BCUT2D eigenvalue weighted by Gasteiger charge is 2.34. The van der Waals surface area contributed by atoms with E-state index in [9.17, 15) is 4.79 Å². The number of hydrogen-bond acceptors (Lipinski definition) is 2. The van der Waals surface area contributed by atoms with Crippen molar-refractivity contribution in [2.75, 3.05) is 13.1 Å². The van der Waals surface area contributed by atoms with Crippen LogP contribution in [0.4, 0.5) is 0 Å². The third-order valence-corrected chi connectivity index (χ3v) is 4.91. The molecule has 112 valence electrons. The minimum Gasteiger partial charge on any atom is -0.342 e. The fourth-order valence-electron chi connectivity index (χ4n) is 3.54. The summed E-state index contributed by atoms with van der Waals surface area (Å²) in [5.74, 6) is 1.99. The van der Waals surface area contributed by atoms with Gasteiger partial charge in [0, 0.05) is 19.1 Å². The largest absolute Gasteiger partial charge is 0.342 e. The highest BCUT2D eigenvalue weighted by molar-refractivity contribution is 5.85. The zero-order chi connectivity index (χ0) is 13.1. The molecule has 3 atom stereocenters. The van der Waals surface area contributed by atoms with Crippen LogP contribution in [0.2, 0.25) is 0 Å². The van der Waals surface area contributed by atoms with Crippen LogP contribution in [-0.4, -0.2) is 29.9 Å². The molecule has 0 bridgehead atoms. The Balaban J connectivity index is 0.00000180. The molecule has 2 fully saturated rings. The number of amides is 1. The molecular formula is C15H29ClN2O. The fraction of sp³-hybridized carbons (Fsp3) is 0.933. The van der Waals surface area contributed by atoms with Crippen molar-refractivity contribution < 1.29 is 4.79 Å². The van der Waals surface area contributed by atoms with Gasteiger partial charge in [0.1, 0.15) is 0 Å². The Bertz CT molecular complexity index is 296. The van der Waals surface area contributed by atoms with E-state index in [2.05, 4.69) is 18.7 Å². The Labute approximate surface area is 123 Å². The Hall–Kier alpha value is -0.280. The average Bonchev–Trinajstić information content (AvgIpc) is 2.63. The third-order valence-electron chi connectivity index (χ3n) is 4.91. The van der Waals surface area contributed by atoms with Crippen molar-refractivity contribution in [3.8, 4) is 0 Å². The van der Waals surface area contributed by atoms with Crippen LogP contribution in [0.25, 0.3) is 0 Å². The average molecular weight is 289 g/mol. The molecule has 1 heterocycles. The Morgan fingerprint density at radius 1 is 1.11 bits per heavy atom. The van der Waals surface area contributed by atoms with Crippen LogP contribution < -0.4 is 5.73 Å². The van der Waals surface area contributed by atoms with Crippen molar-refractivity contribution >= 4 is 18.3 Å². The Morgan fingerprint density at radius 2 is 1.84 bits per heavy atom. The van der Waals surface area contributed by atoms with Crippen LogP contribution in [0.5, 0.6) is 0 Å². The first kappa shape index (κ1) is 16.8. The monoisotopic (exact) mass is 288 g/mol. The molecule has 3 unspecified atom stereocenters. The topological polar surface area (TPSA) is 46.3 Å². The molecule has 2 rings (SSSR count). The zero-order valence-corrected chi connectivity index (χ0v) is 13.1. The molecule has 19 heavy (non-hydrogen) atoms. The summed E-state index contributed by atoms with van der Waals surface area (Å²) >= 11 is 0. The summed E-state index contributed by atoms with van der Waals surface area (Å²) in [6, 6.07) is 0.113. The molecule has 1 aliphatic heterocycles. The lowest BCUT2D eigenvalue weighted by Crippen LogP contribution is -2.42. The third kappa shape index (κ3) is 4.09. The Morgan fingerprint density at radius 3 is 2.42 bits per heavy atom. The number of carbonyl (C=O) groups is 1. The number of rotatable bonds is 2. The lowest BCUT2D eigenvalue weighted by Gasteiger charge is -2.26. The standard InChI is InChI=1S/C15H28N2O.ClH/c1-11(2)12-5-4-9-17(10-8-12)15(18)13-6-3-7-14(13)16;/h11-14H,3-10,16H2,1-2H3;1H. The van der Waals surface area contributed by atoms with Gasteiger partial charge in [-0.3, -0.25) is 4.79 Å². The van der Waals surface area contributed by atoms with Crippen molar-refractivity contribution in [2.45, 2.75) is 58.4 Å². The maximum absolute atomic E-state index is 12.5. The second kappa shape index (κ2) is 7.49. The van der Waals surface area contributed by atoms with Gasteiger partial charge in [-0.15, -0.1) is 12.4 Å². The number of carbonyl (C=O) groups excluding carboxylic acids is 1. The van der Waals surface area contributed by atoms with Crippen molar-refractivity contribution in [3.05, 3.63) is 0 Å². The van der Waals surface area contributed by atoms with Crippen molar-refractivity contribution in [3.63, 3.8) is 0 Å². The van der Waals surface area contributed by atoms with Crippen LogP contribution in [0, 0.1) is 17.8 Å². The normalized spacial score (nSPS) is 32.0. The summed E-state index contributed by atoms with van der Waals surface area (Å²) in [5.41, 5.74) is 6.05. The van der Waals surface area contributed by atoms with Gasteiger partial charge in [0.05, 0.1) is 5.92 Å². The van der Waals surface area contributed by atoms with E-state index in [0.29, 0.717) is 5.91 Å². The summed E-state index contributed by atoms with van der Waals surface area (Å²) in [4.78, 5) is 14.6. The van der Waals surface area contributed by atoms with Gasteiger partial charge in [-0.2, -0.15) is 0 Å². The van der Waals surface area contributed by atoms with E-state index in [1.807, 2.05) is 0 Å². The van der Waals surface area contributed by atoms with Crippen molar-refractivity contribution in [1.82, 2.24) is 4.90 Å². The highest BCUT2D eigenvalue weighted by atomic mass is 35.5. The van der Waals surface area contributed by atoms with E-state index < -0.39 is 0 Å². The molecule has 0 aromatic heterocycles. The second-order valence-corrected chi connectivity index (χ2v) is 6.46. The van der Waals surface area contributed by atoms with E-state index >= 15 is 0 Å². The van der Waals surface area contributed by atoms with Crippen LogP contribution in [0.3, 0.4) is 0 Å². The summed E-state index contributed by atoms with van der Waals surface area (Å²) < 4.78 is 0. The van der Waals surface area contributed by atoms with Gasteiger partial charge in [0.15, 0.2) is 0 Å². The van der Waals surface area contributed by atoms with E-state index in [0.717, 1.165) is 50.6 Å². The van der Waals surface area contributed by atoms with E-state index in [4.69, 9.17) is 5.73 Å². The molecule has 0 aromatic carbocycles.